The Hall–Kier alpha value is -0.650. The number of aliphatic hydroxyl groups is 1. The molecule has 0 bridgehead atoms. The van der Waals surface area contributed by atoms with Crippen molar-refractivity contribution in [2.75, 3.05) is 7.11 Å². The maximum absolute atomic E-state index is 10.4. The Morgan fingerprint density at radius 2 is 2.17 bits per heavy atom. The number of carboxylic acid groups (broad SMARTS) is 1. The third-order valence-corrected chi connectivity index (χ3v) is 1.71. The zero-order valence-corrected chi connectivity index (χ0v) is 7.23. The second-order valence-corrected chi connectivity index (χ2v) is 2.54. The van der Waals surface area contributed by atoms with Crippen LogP contribution in [0.1, 0.15) is 13.3 Å². The Bertz CT molecular complexity index is 150. The van der Waals surface area contributed by atoms with Crippen LogP contribution in [0.15, 0.2) is 0 Å². The molecule has 0 amide bonds. The monoisotopic (exact) mass is 177 g/mol. The van der Waals surface area contributed by atoms with Crippen molar-refractivity contribution in [1.82, 2.24) is 0 Å². The van der Waals surface area contributed by atoms with Gasteiger partial charge >= 0.3 is 5.97 Å². The molecule has 72 valence electrons. The molecule has 0 fully saturated rings. The lowest BCUT2D eigenvalue weighted by atomic mass is 10.0. The summed E-state index contributed by atoms with van der Waals surface area (Å²) in [6.07, 6.45) is -1.26. The SMILES string of the molecule is CC[C@@H](O)[C@H](OC)[C@H](N)C(=O)O. The van der Waals surface area contributed by atoms with Gasteiger partial charge in [0.05, 0.1) is 6.10 Å². The minimum absolute atomic E-state index is 0.416. The maximum Gasteiger partial charge on any atom is 0.323 e. The lowest BCUT2D eigenvalue weighted by molar-refractivity contribution is -0.144. The van der Waals surface area contributed by atoms with Crippen LogP contribution in [-0.2, 0) is 9.53 Å². The molecule has 0 saturated heterocycles. The number of aliphatic carboxylic acids is 1. The molecule has 0 aromatic carbocycles. The van der Waals surface area contributed by atoms with Gasteiger partial charge in [0.1, 0.15) is 12.1 Å². The first-order chi connectivity index (χ1) is 5.54. The molecule has 3 atom stereocenters. The number of hydrogen-bond donors (Lipinski definition) is 3. The van der Waals surface area contributed by atoms with Crippen LogP contribution < -0.4 is 5.73 Å². The smallest absolute Gasteiger partial charge is 0.323 e. The highest BCUT2D eigenvalue weighted by Crippen LogP contribution is 2.06. The zero-order chi connectivity index (χ0) is 9.72. The molecular weight excluding hydrogens is 162 g/mol. The molecule has 12 heavy (non-hydrogen) atoms. The average molecular weight is 177 g/mol. The van der Waals surface area contributed by atoms with Gasteiger partial charge in [0.25, 0.3) is 0 Å². The van der Waals surface area contributed by atoms with Gasteiger partial charge in [-0.05, 0) is 6.42 Å². The maximum atomic E-state index is 10.4. The van der Waals surface area contributed by atoms with Crippen molar-refractivity contribution in [1.29, 1.82) is 0 Å². The fraction of sp³-hybridized carbons (Fsp3) is 0.857. The quantitative estimate of drug-likeness (QED) is 0.510. The normalized spacial score (nSPS) is 18.3. The predicted molar refractivity (Wildman–Crippen MR) is 42.7 cm³/mol. The molecule has 0 spiro atoms. The number of carbonyl (C=O) groups is 1. The van der Waals surface area contributed by atoms with Crippen LogP contribution in [0.3, 0.4) is 0 Å². The second-order valence-electron chi connectivity index (χ2n) is 2.54. The third kappa shape index (κ3) is 2.77. The van der Waals surface area contributed by atoms with Crippen molar-refractivity contribution in [3.8, 4) is 0 Å². The minimum atomic E-state index is -1.18. The van der Waals surface area contributed by atoms with Crippen molar-refractivity contribution in [3.63, 3.8) is 0 Å². The molecule has 5 nitrogen and oxygen atoms in total. The molecule has 0 aliphatic carbocycles. The van der Waals surface area contributed by atoms with Crippen molar-refractivity contribution in [3.05, 3.63) is 0 Å². The van der Waals surface area contributed by atoms with Gasteiger partial charge in [-0.2, -0.15) is 0 Å². The van der Waals surface area contributed by atoms with E-state index in [4.69, 9.17) is 15.6 Å². The fourth-order valence-corrected chi connectivity index (χ4v) is 0.916. The topological polar surface area (TPSA) is 92.8 Å². The number of carboxylic acids is 1. The van der Waals surface area contributed by atoms with Crippen LogP contribution in [-0.4, -0.2) is 41.5 Å². The second kappa shape index (κ2) is 5.08. The molecule has 0 aliphatic rings. The average Bonchev–Trinajstić information content (AvgIpc) is 2.05. The Morgan fingerprint density at radius 3 is 2.42 bits per heavy atom. The van der Waals surface area contributed by atoms with E-state index in [1.807, 2.05) is 0 Å². The zero-order valence-electron chi connectivity index (χ0n) is 7.23. The minimum Gasteiger partial charge on any atom is -0.480 e. The third-order valence-electron chi connectivity index (χ3n) is 1.71. The van der Waals surface area contributed by atoms with Crippen LogP contribution in [0.4, 0.5) is 0 Å². The van der Waals surface area contributed by atoms with Crippen LogP contribution in [0.25, 0.3) is 0 Å². The molecule has 0 aliphatic heterocycles. The molecule has 5 heteroatoms. The number of rotatable bonds is 5. The van der Waals surface area contributed by atoms with Gasteiger partial charge < -0.3 is 20.7 Å². The first kappa shape index (κ1) is 11.4. The summed E-state index contributed by atoms with van der Waals surface area (Å²) in [5.41, 5.74) is 5.26. The molecule has 0 saturated carbocycles. The standard InChI is InChI=1S/C7H15NO4/c1-3-4(9)6(12-2)5(8)7(10)11/h4-6,9H,3,8H2,1-2H3,(H,10,11)/t4-,5+,6+/m1/s1. The predicted octanol–water partition coefficient (Wildman–Crippen LogP) is -0.816. The van der Waals surface area contributed by atoms with E-state index in [0.29, 0.717) is 6.42 Å². The highest BCUT2D eigenvalue weighted by molar-refractivity contribution is 5.74. The van der Waals surface area contributed by atoms with Crippen molar-refractivity contribution >= 4 is 5.97 Å². The summed E-state index contributed by atoms with van der Waals surface area (Å²) >= 11 is 0. The summed E-state index contributed by atoms with van der Waals surface area (Å²) < 4.78 is 4.77. The molecule has 0 rings (SSSR count). The van der Waals surface area contributed by atoms with Gasteiger partial charge in [-0.1, -0.05) is 6.92 Å². The molecule has 0 heterocycles. The van der Waals surface area contributed by atoms with Crippen molar-refractivity contribution in [2.24, 2.45) is 5.73 Å². The van der Waals surface area contributed by atoms with Gasteiger partial charge in [-0.25, -0.2) is 0 Å². The summed E-state index contributed by atoms with van der Waals surface area (Å²) in [4.78, 5) is 10.4. The van der Waals surface area contributed by atoms with E-state index in [0.717, 1.165) is 0 Å². The first-order valence-electron chi connectivity index (χ1n) is 3.73. The van der Waals surface area contributed by atoms with E-state index in [1.165, 1.54) is 7.11 Å². The molecule has 4 N–H and O–H groups in total. The summed E-state index contributed by atoms with van der Waals surface area (Å²) in [5.74, 6) is -1.17. The molecule has 0 radical (unpaired) electrons. The number of nitrogens with two attached hydrogens (primary N) is 1. The van der Waals surface area contributed by atoms with E-state index in [2.05, 4.69) is 0 Å². The van der Waals surface area contributed by atoms with E-state index >= 15 is 0 Å². The van der Waals surface area contributed by atoms with Gasteiger partial charge in [-0.15, -0.1) is 0 Å². The lowest BCUT2D eigenvalue weighted by Gasteiger charge is -2.23. The van der Waals surface area contributed by atoms with E-state index in [9.17, 15) is 9.90 Å². The van der Waals surface area contributed by atoms with Gasteiger partial charge in [0.15, 0.2) is 0 Å². The van der Waals surface area contributed by atoms with Gasteiger partial charge in [0.2, 0.25) is 0 Å². The lowest BCUT2D eigenvalue weighted by Crippen LogP contribution is -2.49. The number of methoxy groups -OCH3 is 1. The summed E-state index contributed by atoms with van der Waals surface area (Å²) in [6, 6.07) is -1.18. The largest absolute Gasteiger partial charge is 0.480 e. The van der Waals surface area contributed by atoms with Gasteiger partial charge in [0, 0.05) is 7.11 Å². The van der Waals surface area contributed by atoms with Crippen LogP contribution in [0.5, 0.6) is 0 Å². The van der Waals surface area contributed by atoms with Crippen LogP contribution in [0, 0.1) is 0 Å². The Morgan fingerprint density at radius 1 is 1.67 bits per heavy atom. The fourth-order valence-electron chi connectivity index (χ4n) is 0.916. The van der Waals surface area contributed by atoms with Gasteiger partial charge in [-0.3, -0.25) is 4.79 Å². The van der Waals surface area contributed by atoms with E-state index in [1.54, 1.807) is 6.92 Å². The number of ether oxygens (including phenoxy) is 1. The Kier molecular flexibility index (Phi) is 4.80. The highest BCUT2D eigenvalue weighted by atomic mass is 16.5. The first-order valence-corrected chi connectivity index (χ1v) is 3.73. The molecule has 0 aromatic heterocycles. The molecule has 0 aromatic rings. The highest BCUT2D eigenvalue weighted by Gasteiger charge is 2.29. The van der Waals surface area contributed by atoms with Crippen LogP contribution >= 0.6 is 0 Å². The number of aliphatic hydroxyl groups excluding tert-OH is 1. The number of hydrogen-bond acceptors (Lipinski definition) is 4. The van der Waals surface area contributed by atoms with E-state index < -0.39 is 24.2 Å². The van der Waals surface area contributed by atoms with E-state index in [-0.39, 0.29) is 0 Å². The Labute approximate surface area is 71.1 Å². The summed E-state index contributed by atoms with van der Waals surface area (Å²) in [6.45, 7) is 1.73. The molecular formula is C7H15NO4. The molecule has 0 unspecified atom stereocenters. The van der Waals surface area contributed by atoms with Crippen molar-refractivity contribution in [2.45, 2.75) is 31.6 Å². The van der Waals surface area contributed by atoms with Crippen LogP contribution in [0.2, 0.25) is 0 Å². The summed E-state index contributed by atoms with van der Waals surface area (Å²) in [5, 5.41) is 17.8. The summed E-state index contributed by atoms with van der Waals surface area (Å²) in [7, 11) is 1.33. The van der Waals surface area contributed by atoms with Crippen molar-refractivity contribution < 1.29 is 19.7 Å². The Balaban J connectivity index is 4.23.